The molecule has 108 valence electrons. The lowest BCUT2D eigenvalue weighted by Crippen LogP contribution is -2.19. The summed E-state index contributed by atoms with van der Waals surface area (Å²) in [5.74, 6) is 1.43. The zero-order valence-corrected chi connectivity index (χ0v) is 12.7. The number of rotatable bonds is 6. The largest absolute Gasteiger partial charge is 0.472 e. The molecule has 0 aromatic carbocycles. The molecule has 0 aliphatic carbocycles. The van der Waals surface area contributed by atoms with Crippen molar-refractivity contribution in [2.24, 2.45) is 0 Å². The van der Waals surface area contributed by atoms with Gasteiger partial charge in [-0.3, -0.25) is 0 Å². The molecule has 1 N–H and O–H groups in total. The predicted octanol–water partition coefficient (Wildman–Crippen LogP) is 3.15. The van der Waals surface area contributed by atoms with E-state index in [0.29, 0.717) is 5.92 Å². The summed E-state index contributed by atoms with van der Waals surface area (Å²) in [5.41, 5.74) is 3.55. The van der Waals surface area contributed by atoms with Crippen molar-refractivity contribution in [3.05, 3.63) is 47.5 Å². The number of anilines is 1. The van der Waals surface area contributed by atoms with Gasteiger partial charge in [-0.25, -0.2) is 4.98 Å². The van der Waals surface area contributed by atoms with Crippen molar-refractivity contribution in [1.29, 1.82) is 0 Å². The highest BCUT2D eigenvalue weighted by Crippen LogP contribution is 2.21. The number of furan rings is 1. The molecule has 0 spiro atoms. The lowest BCUT2D eigenvalue weighted by atomic mass is 10.1. The van der Waals surface area contributed by atoms with Crippen molar-refractivity contribution in [3.63, 3.8) is 0 Å². The van der Waals surface area contributed by atoms with Gasteiger partial charge in [0.2, 0.25) is 0 Å². The van der Waals surface area contributed by atoms with Gasteiger partial charge in [0.15, 0.2) is 0 Å². The summed E-state index contributed by atoms with van der Waals surface area (Å²) in [6.07, 6.45) is 3.48. The Morgan fingerprint density at radius 3 is 2.70 bits per heavy atom. The maximum absolute atomic E-state index is 5.12. The first-order chi connectivity index (χ1) is 9.60. The van der Waals surface area contributed by atoms with Crippen LogP contribution in [0.5, 0.6) is 0 Å². The van der Waals surface area contributed by atoms with Gasteiger partial charge in [0.25, 0.3) is 0 Å². The van der Waals surface area contributed by atoms with E-state index in [-0.39, 0.29) is 0 Å². The molecule has 0 amide bonds. The van der Waals surface area contributed by atoms with Crippen LogP contribution in [0.15, 0.2) is 35.1 Å². The molecule has 2 aromatic heterocycles. The third-order valence-corrected chi connectivity index (χ3v) is 3.25. The number of pyridine rings is 1. The molecular weight excluding hydrogens is 250 g/mol. The van der Waals surface area contributed by atoms with E-state index in [1.54, 1.807) is 12.5 Å². The van der Waals surface area contributed by atoms with Crippen LogP contribution in [0.4, 0.5) is 5.82 Å². The first kappa shape index (κ1) is 14.6. The molecule has 0 aliphatic heterocycles. The normalized spacial score (nSPS) is 11.1. The molecule has 0 unspecified atom stereocenters. The summed E-state index contributed by atoms with van der Waals surface area (Å²) in [5, 5.41) is 3.20. The summed E-state index contributed by atoms with van der Waals surface area (Å²) < 4.78 is 5.12. The lowest BCUT2D eigenvalue weighted by Gasteiger charge is -2.20. The van der Waals surface area contributed by atoms with Gasteiger partial charge >= 0.3 is 0 Å². The van der Waals surface area contributed by atoms with Gasteiger partial charge in [-0.05, 0) is 36.7 Å². The average molecular weight is 273 g/mol. The molecule has 0 atom stereocenters. The summed E-state index contributed by atoms with van der Waals surface area (Å²) in [6.45, 7) is 6.00. The minimum atomic E-state index is 0.424. The Kier molecular flexibility index (Phi) is 4.79. The van der Waals surface area contributed by atoms with E-state index in [1.807, 2.05) is 13.1 Å². The number of hydrogen-bond acceptors (Lipinski definition) is 4. The molecular formula is C16H23N3O. The van der Waals surface area contributed by atoms with Crippen molar-refractivity contribution in [2.45, 2.75) is 32.9 Å². The second-order valence-electron chi connectivity index (χ2n) is 5.43. The highest BCUT2D eigenvalue weighted by molar-refractivity contribution is 5.43. The van der Waals surface area contributed by atoms with Crippen LogP contribution >= 0.6 is 0 Å². The van der Waals surface area contributed by atoms with Crippen LogP contribution in [-0.2, 0) is 13.1 Å². The van der Waals surface area contributed by atoms with Gasteiger partial charge in [0.1, 0.15) is 5.82 Å². The van der Waals surface area contributed by atoms with Crippen LogP contribution in [0.3, 0.4) is 0 Å². The molecule has 0 fully saturated rings. The molecule has 2 aromatic rings. The van der Waals surface area contributed by atoms with E-state index in [9.17, 15) is 0 Å². The standard InChI is InChI=1S/C16H23N3O/c1-12(2)15-7-14(9-17-3)8-16(18-15)19(4)10-13-5-6-20-11-13/h5-8,11-12,17H,9-10H2,1-4H3. The number of aromatic nitrogens is 1. The number of hydrogen-bond donors (Lipinski definition) is 1. The number of nitrogens with zero attached hydrogens (tertiary/aromatic N) is 2. The third kappa shape index (κ3) is 3.61. The van der Waals surface area contributed by atoms with Gasteiger partial charge in [0, 0.05) is 31.4 Å². The van der Waals surface area contributed by atoms with E-state index in [2.05, 4.69) is 43.2 Å². The van der Waals surface area contributed by atoms with Crippen molar-refractivity contribution in [2.75, 3.05) is 19.0 Å². The first-order valence-electron chi connectivity index (χ1n) is 6.98. The SMILES string of the molecule is CNCc1cc(C(C)C)nc(N(C)Cc2ccoc2)c1. The molecule has 0 saturated carbocycles. The first-order valence-corrected chi connectivity index (χ1v) is 6.98. The highest BCUT2D eigenvalue weighted by Gasteiger charge is 2.10. The monoisotopic (exact) mass is 273 g/mol. The van der Waals surface area contributed by atoms with Gasteiger partial charge in [0.05, 0.1) is 12.5 Å². The van der Waals surface area contributed by atoms with Crippen molar-refractivity contribution in [1.82, 2.24) is 10.3 Å². The van der Waals surface area contributed by atoms with Crippen LogP contribution < -0.4 is 10.2 Å². The average Bonchev–Trinajstić information content (AvgIpc) is 2.91. The van der Waals surface area contributed by atoms with E-state index in [0.717, 1.165) is 30.2 Å². The van der Waals surface area contributed by atoms with Crippen molar-refractivity contribution >= 4 is 5.82 Å². The Morgan fingerprint density at radius 2 is 2.10 bits per heavy atom. The fourth-order valence-corrected chi connectivity index (χ4v) is 2.13. The molecule has 20 heavy (non-hydrogen) atoms. The van der Waals surface area contributed by atoms with E-state index < -0.39 is 0 Å². The summed E-state index contributed by atoms with van der Waals surface area (Å²) in [6, 6.07) is 6.30. The van der Waals surface area contributed by atoms with Crippen molar-refractivity contribution in [3.8, 4) is 0 Å². The maximum Gasteiger partial charge on any atom is 0.129 e. The van der Waals surface area contributed by atoms with Gasteiger partial charge in [-0.2, -0.15) is 0 Å². The van der Waals surface area contributed by atoms with Gasteiger partial charge in [-0.1, -0.05) is 13.8 Å². The number of nitrogens with one attached hydrogen (secondary N) is 1. The maximum atomic E-state index is 5.12. The minimum absolute atomic E-state index is 0.424. The molecule has 4 nitrogen and oxygen atoms in total. The predicted molar refractivity (Wildman–Crippen MR) is 81.9 cm³/mol. The van der Waals surface area contributed by atoms with E-state index in [4.69, 9.17) is 9.40 Å². The molecule has 0 bridgehead atoms. The lowest BCUT2D eigenvalue weighted by molar-refractivity contribution is 0.563. The molecule has 4 heteroatoms. The highest BCUT2D eigenvalue weighted by atomic mass is 16.3. The topological polar surface area (TPSA) is 41.3 Å². The Bertz CT molecular complexity index is 535. The van der Waals surface area contributed by atoms with Gasteiger partial charge in [-0.15, -0.1) is 0 Å². The quantitative estimate of drug-likeness (QED) is 0.878. The van der Waals surface area contributed by atoms with Crippen molar-refractivity contribution < 1.29 is 4.42 Å². The van der Waals surface area contributed by atoms with Crippen LogP contribution in [0.25, 0.3) is 0 Å². The Labute approximate surface area is 120 Å². The molecule has 0 aliphatic rings. The second kappa shape index (κ2) is 6.57. The molecule has 2 rings (SSSR count). The second-order valence-corrected chi connectivity index (χ2v) is 5.43. The Hall–Kier alpha value is -1.81. The fourth-order valence-electron chi connectivity index (χ4n) is 2.13. The zero-order chi connectivity index (χ0) is 14.5. The smallest absolute Gasteiger partial charge is 0.129 e. The summed E-state index contributed by atoms with van der Waals surface area (Å²) in [4.78, 5) is 6.91. The molecule has 0 radical (unpaired) electrons. The van der Waals surface area contributed by atoms with E-state index in [1.165, 1.54) is 5.56 Å². The zero-order valence-electron chi connectivity index (χ0n) is 12.7. The molecule has 2 heterocycles. The van der Waals surface area contributed by atoms with Crippen LogP contribution in [0.2, 0.25) is 0 Å². The van der Waals surface area contributed by atoms with Crippen LogP contribution in [-0.4, -0.2) is 19.1 Å². The Morgan fingerprint density at radius 1 is 1.30 bits per heavy atom. The Balaban J connectivity index is 2.24. The van der Waals surface area contributed by atoms with Gasteiger partial charge < -0.3 is 14.6 Å². The summed E-state index contributed by atoms with van der Waals surface area (Å²) in [7, 11) is 4.02. The fraction of sp³-hybridized carbons (Fsp3) is 0.438. The minimum Gasteiger partial charge on any atom is -0.472 e. The third-order valence-electron chi connectivity index (χ3n) is 3.25. The van der Waals surface area contributed by atoms with Crippen LogP contribution in [0.1, 0.15) is 36.6 Å². The molecule has 0 saturated heterocycles. The van der Waals surface area contributed by atoms with E-state index >= 15 is 0 Å². The van der Waals surface area contributed by atoms with Crippen LogP contribution in [0, 0.1) is 0 Å². The summed E-state index contributed by atoms with van der Waals surface area (Å²) >= 11 is 0.